The molecule has 8 aromatic carbocycles. The fourth-order valence-corrected chi connectivity index (χ4v) is 8.89. The number of para-hydroxylation sites is 6. The van der Waals surface area contributed by atoms with Gasteiger partial charge in [-0.2, -0.15) is 10.5 Å². The topological polar surface area (TPSA) is 62.4 Å². The number of rotatable bonds is 4. The minimum atomic E-state index is 0.582. The first-order valence-corrected chi connectivity index (χ1v) is 18.3. The number of benzene rings is 8. The van der Waals surface area contributed by atoms with Crippen LogP contribution in [-0.4, -0.2) is 13.7 Å². The summed E-state index contributed by atoms with van der Waals surface area (Å²) < 4.78 is 6.98. The molecule has 254 valence electrons. The van der Waals surface area contributed by atoms with E-state index in [1.54, 1.807) is 0 Å². The fourth-order valence-electron chi connectivity index (χ4n) is 8.89. The van der Waals surface area contributed by atoms with Crippen LogP contribution in [0.5, 0.6) is 0 Å². The van der Waals surface area contributed by atoms with Gasteiger partial charge in [0.05, 0.1) is 67.7 Å². The van der Waals surface area contributed by atoms with Crippen molar-refractivity contribution in [2.45, 2.75) is 0 Å². The van der Waals surface area contributed by atoms with Gasteiger partial charge in [0.2, 0.25) is 0 Å². The van der Waals surface area contributed by atoms with Crippen LogP contribution in [0.15, 0.2) is 176 Å². The molecule has 5 heteroatoms. The molecule has 0 saturated heterocycles. The molecule has 11 aromatic rings. The van der Waals surface area contributed by atoms with Gasteiger partial charge in [-0.15, -0.1) is 0 Å². The molecule has 0 amide bonds. The molecule has 0 aliphatic rings. The van der Waals surface area contributed by atoms with E-state index >= 15 is 0 Å². The molecule has 0 aliphatic carbocycles. The Hall–Kier alpha value is -7.86. The molecule has 0 saturated carbocycles. The molecule has 3 aromatic heterocycles. The number of hydrogen-bond donors (Lipinski definition) is 0. The Bertz CT molecular complexity index is 3420. The van der Waals surface area contributed by atoms with E-state index < -0.39 is 0 Å². The highest BCUT2D eigenvalue weighted by Gasteiger charge is 2.23. The van der Waals surface area contributed by atoms with Gasteiger partial charge in [0.25, 0.3) is 0 Å². The van der Waals surface area contributed by atoms with Crippen molar-refractivity contribution in [2.24, 2.45) is 0 Å². The van der Waals surface area contributed by atoms with Crippen molar-refractivity contribution in [1.29, 1.82) is 10.5 Å². The van der Waals surface area contributed by atoms with Crippen molar-refractivity contribution in [3.8, 4) is 40.3 Å². The van der Waals surface area contributed by atoms with Crippen LogP contribution in [0.2, 0.25) is 0 Å². The average Bonchev–Trinajstić information content (AvgIpc) is 3.89. The first kappa shape index (κ1) is 30.7. The SMILES string of the molecule is N#Cc1ccc(-n2c3ccccc3c3c(C#N)cccc32)cc1-c1ccccc1-n1c2ccccc2c2cccc(-n3c4ccccc4c4ccccc43)c21. The molecule has 0 radical (unpaired) electrons. The summed E-state index contributed by atoms with van der Waals surface area (Å²) >= 11 is 0. The number of nitriles is 2. The standard InChI is InChI=1S/C50H29N5/c51-30-32-27-28-34(53-46-24-10-5-18-40(46)49-33(31-52)13-11-25-47(49)53)29-41(32)38-17-4-9-23-45(38)55-44-22-8-3-16-37(44)39-19-12-26-48(50(39)55)54-42-20-6-1-14-35(42)36-15-2-7-21-43(36)54/h1-29H. The van der Waals surface area contributed by atoms with E-state index in [0.29, 0.717) is 11.1 Å². The number of fused-ring (bicyclic) bond motifs is 9. The molecule has 0 fully saturated rings. The van der Waals surface area contributed by atoms with Gasteiger partial charge in [-0.05, 0) is 66.7 Å². The van der Waals surface area contributed by atoms with Crippen LogP contribution in [-0.2, 0) is 0 Å². The molecule has 3 heterocycles. The molecule has 0 spiro atoms. The minimum Gasteiger partial charge on any atom is -0.309 e. The Morgan fingerprint density at radius 1 is 0.345 bits per heavy atom. The Morgan fingerprint density at radius 3 is 1.55 bits per heavy atom. The number of nitrogens with zero attached hydrogens (tertiary/aromatic N) is 5. The van der Waals surface area contributed by atoms with Crippen molar-refractivity contribution < 1.29 is 0 Å². The molecule has 11 rings (SSSR count). The quantitative estimate of drug-likeness (QED) is 0.184. The summed E-state index contributed by atoms with van der Waals surface area (Å²) in [6, 6.07) is 65.9. The molecule has 0 unspecified atom stereocenters. The summed E-state index contributed by atoms with van der Waals surface area (Å²) in [6.07, 6.45) is 0. The maximum Gasteiger partial charge on any atom is 0.0998 e. The second-order valence-corrected chi connectivity index (χ2v) is 13.9. The molecule has 0 atom stereocenters. The van der Waals surface area contributed by atoms with Crippen LogP contribution in [0.3, 0.4) is 0 Å². The van der Waals surface area contributed by atoms with E-state index in [-0.39, 0.29) is 0 Å². The first-order valence-electron chi connectivity index (χ1n) is 18.3. The molecule has 0 N–H and O–H groups in total. The van der Waals surface area contributed by atoms with Crippen molar-refractivity contribution in [2.75, 3.05) is 0 Å². The van der Waals surface area contributed by atoms with Crippen molar-refractivity contribution >= 4 is 65.4 Å². The summed E-state index contributed by atoms with van der Waals surface area (Å²) in [6.45, 7) is 0. The molecule has 0 aliphatic heterocycles. The average molecular weight is 700 g/mol. The van der Waals surface area contributed by atoms with Crippen LogP contribution < -0.4 is 0 Å². The van der Waals surface area contributed by atoms with Gasteiger partial charge in [0.1, 0.15) is 0 Å². The van der Waals surface area contributed by atoms with Gasteiger partial charge in [0, 0.05) is 49.1 Å². The molecule has 5 nitrogen and oxygen atoms in total. The Labute approximate surface area is 316 Å². The third kappa shape index (κ3) is 4.33. The van der Waals surface area contributed by atoms with E-state index in [2.05, 4.69) is 159 Å². The largest absolute Gasteiger partial charge is 0.309 e. The third-order valence-corrected chi connectivity index (χ3v) is 11.1. The van der Waals surface area contributed by atoms with Gasteiger partial charge < -0.3 is 13.7 Å². The van der Waals surface area contributed by atoms with Crippen LogP contribution in [0.1, 0.15) is 11.1 Å². The van der Waals surface area contributed by atoms with Gasteiger partial charge in [0.15, 0.2) is 0 Å². The normalized spacial score (nSPS) is 11.6. The lowest BCUT2D eigenvalue weighted by molar-refractivity contribution is 1.13. The predicted molar refractivity (Wildman–Crippen MR) is 224 cm³/mol. The fraction of sp³-hybridized carbons (Fsp3) is 0. The molecule has 0 bridgehead atoms. The van der Waals surface area contributed by atoms with Crippen LogP contribution in [0.25, 0.3) is 93.6 Å². The third-order valence-electron chi connectivity index (χ3n) is 11.1. The highest BCUT2D eigenvalue weighted by Crippen LogP contribution is 2.42. The Morgan fingerprint density at radius 2 is 0.855 bits per heavy atom. The maximum absolute atomic E-state index is 10.6. The maximum atomic E-state index is 10.6. The van der Waals surface area contributed by atoms with Gasteiger partial charge in [-0.1, -0.05) is 109 Å². The minimum absolute atomic E-state index is 0.582. The van der Waals surface area contributed by atoms with E-state index in [1.165, 1.54) is 10.8 Å². The molecular formula is C50H29N5. The van der Waals surface area contributed by atoms with Gasteiger partial charge in [-0.3, -0.25) is 0 Å². The van der Waals surface area contributed by atoms with Crippen LogP contribution in [0, 0.1) is 22.7 Å². The summed E-state index contributed by atoms with van der Waals surface area (Å²) in [7, 11) is 0. The van der Waals surface area contributed by atoms with E-state index in [9.17, 15) is 10.5 Å². The summed E-state index contributed by atoms with van der Waals surface area (Å²) in [5, 5.41) is 27.4. The van der Waals surface area contributed by atoms with Gasteiger partial charge >= 0.3 is 0 Å². The molecular weight excluding hydrogens is 671 g/mol. The predicted octanol–water partition coefficient (Wildman–Crippen LogP) is 12.4. The van der Waals surface area contributed by atoms with Gasteiger partial charge in [-0.25, -0.2) is 0 Å². The first-order chi connectivity index (χ1) is 27.2. The zero-order valence-electron chi connectivity index (χ0n) is 29.5. The van der Waals surface area contributed by atoms with Crippen molar-refractivity contribution in [1.82, 2.24) is 13.7 Å². The van der Waals surface area contributed by atoms with E-state index in [4.69, 9.17) is 0 Å². The second-order valence-electron chi connectivity index (χ2n) is 13.9. The zero-order valence-corrected chi connectivity index (χ0v) is 29.5. The van der Waals surface area contributed by atoms with Crippen LogP contribution >= 0.6 is 0 Å². The Kier molecular flexibility index (Phi) is 6.61. The van der Waals surface area contributed by atoms with Crippen molar-refractivity contribution in [3.05, 3.63) is 187 Å². The molecule has 55 heavy (non-hydrogen) atoms. The van der Waals surface area contributed by atoms with Crippen LogP contribution in [0.4, 0.5) is 0 Å². The lowest BCUT2D eigenvalue weighted by Gasteiger charge is -2.18. The summed E-state index contributed by atoms with van der Waals surface area (Å²) in [5.74, 6) is 0. The van der Waals surface area contributed by atoms with Crippen molar-refractivity contribution in [3.63, 3.8) is 0 Å². The summed E-state index contributed by atoms with van der Waals surface area (Å²) in [5.41, 5.74) is 12.4. The number of hydrogen-bond acceptors (Lipinski definition) is 2. The highest BCUT2D eigenvalue weighted by atomic mass is 15.1. The highest BCUT2D eigenvalue weighted by molar-refractivity contribution is 6.16. The van der Waals surface area contributed by atoms with E-state index in [1.807, 2.05) is 42.5 Å². The Balaban J connectivity index is 1.23. The second kappa shape index (κ2) is 11.8. The smallest absolute Gasteiger partial charge is 0.0998 e. The number of aromatic nitrogens is 3. The zero-order chi connectivity index (χ0) is 36.6. The summed E-state index contributed by atoms with van der Waals surface area (Å²) in [4.78, 5) is 0. The lowest BCUT2D eigenvalue weighted by atomic mass is 9.97. The lowest BCUT2D eigenvalue weighted by Crippen LogP contribution is -2.03. The monoisotopic (exact) mass is 699 g/mol. The van der Waals surface area contributed by atoms with E-state index in [0.717, 1.165) is 82.8 Å².